The van der Waals surface area contributed by atoms with Crippen molar-refractivity contribution in [3.8, 4) is 11.6 Å². The second-order valence-electron chi connectivity index (χ2n) is 4.06. The Morgan fingerprint density at radius 2 is 2.21 bits per heavy atom. The van der Waals surface area contributed by atoms with Crippen molar-refractivity contribution >= 4 is 21.6 Å². The summed E-state index contributed by atoms with van der Waals surface area (Å²) in [5, 5.41) is 0. The predicted octanol–water partition coefficient (Wildman–Crippen LogP) is 3.73. The topological polar surface area (TPSA) is 39.4 Å². The van der Waals surface area contributed by atoms with E-state index in [9.17, 15) is 4.39 Å². The highest BCUT2D eigenvalue weighted by molar-refractivity contribution is 9.10. The lowest BCUT2D eigenvalue weighted by molar-refractivity contribution is 0.428. The Morgan fingerprint density at radius 3 is 3.05 bits per heavy atom. The lowest BCUT2D eigenvalue weighted by atomic mass is 10.2. The fraction of sp³-hybridized carbons (Fsp3) is 0.0769. The van der Waals surface area contributed by atoms with Gasteiger partial charge in [0.25, 0.3) is 5.88 Å². The average molecular weight is 322 g/mol. The third-order valence-corrected chi connectivity index (χ3v) is 2.99. The molecule has 0 aliphatic carbocycles. The number of hydrogen-bond donors (Lipinski definition) is 0. The molecule has 6 heteroatoms. The van der Waals surface area contributed by atoms with Crippen LogP contribution in [0.4, 0.5) is 4.39 Å². The first-order chi connectivity index (χ1) is 9.13. The second-order valence-corrected chi connectivity index (χ2v) is 4.88. The Kier molecular flexibility index (Phi) is 2.94. The van der Waals surface area contributed by atoms with Crippen molar-refractivity contribution in [3.63, 3.8) is 0 Å². The quantitative estimate of drug-likeness (QED) is 0.722. The van der Waals surface area contributed by atoms with Gasteiger partial charge >= 0.3 is 0 Å². The number of ether oxygens (including phenoxy) is 1. The highest BCUT2D eigenvalue weighted by Crippen LogP contribution is 2.27. The minimum absolute atomic E-state index is 0.135. The zero-order valence-electron chi connectivity index (χ0n) is 9.97. The molecule has 96 valence electrons. The smallest absolute Gasteiger partial charge is 0.265 e. The van der Waals surface area contributed by atoms with Gasteiger partial charge in [-0.2, -0.15) is 0 Å². The van der Waals surface area contributed by atoms with Gasteiger partial charge in [-0.1, -0.05) is 6.07 Å². The number of aryl methyl sites for hydroxylation is 1. The maximum absolute atomic E-state index is 13.7. The van der Waals surface area contributed by atoms with E-state index in [0.29, 0.717) is 10.3 Å². The number of hydrogen-bond acceptors (Lipinski definition) is 3. The fourth-order valence-electron chi connectivity index (χ4n) is 1.73. The van der Waals surface area contributed by atoms with Crippen LogP contribution < -0.4 is 4.74 Å². The maximum atomic E-state index is 13.7. The highest BCUT2D eigenvalue weighted by atomic mass is 79.9. The van der Waals surface area contributed by atoms with E-state index in [-0.39, 0.29) is 11.6 Å². The van der Waals surface area contributed by atoms with E-state index < -0.39 is 5.82 Å². The molecule has 0 bridgehead atoms. The van der Waals surface area contributed by atoms with Gasteiger partial charge in [0.2, 0.25) is 5.65 Å². The van der Waals surface area contributed by atoms with Crippen LogP contribution in [0.1, 0.15) is 5.56 Å². The van der Waals surface area contributed by atoms with Crippen molar-refractivity contribution in [2.75, 3.05) is 0 Å². The number of rotatable bonds is 2. The van der Waals surface area contributed by atoms with Gasteiger partial charge in [0.15, 0.2) is 11.6 Å². The molecule has 0 aliphatic rings. The molecular formula is C13H9BrFN3O. The van der Waals surface area contributed by atoms with Gasteiger partial charge in [-0.15, -0.1) is 0 Å². The van der Waals surface area contributed by atoms with Crippen molar-refractivity contribution in [1.29, 1.82) is 0 Å². The second kappa shape index (κ2) is 4.62. The molecule has 0 unspecified atom stereocenters. The highest BCUT2D eigenvalue weighted by Gasteiger charge is 2.11. The van der Waals surface area contributed by atoms with Gasteiger partial charge in [-0.3, -0.25) is 4.40 Å². The summed E-state index contributed by atoms with van der Waals surface area (Å²) in [5.74, 6) is -0.0449. The van der Waals surface area contributed by atoms with E-state index in [2.05, 4.69) is 25.9 Å². The molecule has 0 spiro atoms. The van der Waals surface area contributed by atoms with Crippen LogP contribution >= 0.6 is 15.9 Å². The third-order valence-electron chi connectivity index (χ3n) is 2.61. The molecule has 3 rings (SSSR count). The first kappa shape index (κ1) is 12.1. The van der Waals surface area contributed by atoms with E-state index >= 15 is 0 Å². The van der Waals surface area contributed by atoms with Crippen LogP contribution in [0.25, 0.3) is 5.65 Å². The minimum Gasteiger partial charge on any atom is -0.433 e. The van der Waals surface area contributed by atoms with Gasteiger partial charge in [0.1, 0.15) is 4.60 Å². The zero-order valence-corrected chi connectivity index (χ0v) is 11.6. The van der Waals surface area contributed by atoms with Crippen molar-refractivity contribution in [1.82, 2.24) is 14.4 Å². The monoisotopic (exact) mass is 321 g/mol. The number of imidazole rings is 1. The lowest BCUT2D eigenvalue weighted by Crippen LogP contribution is -1.96. The molecule has 2 heterocycles. The molecule has 0 saturated heterocycles. The summed E-state index contributed by atoms with van der Waals surface area (Å²) in [6.45, 7) is 1.87. The van der Waals surface area contributed by atoms with Gasteiger partial charge in [-0.25, -0.2) is 14.4 Å². The van der Waals surface area contributed by atoms with E-state index in [1.165, 1.54) is 6.07 Å². The summed E-state index contributed by atoms with van der Waals surface area (Å²) < 4.78 is 21.6. The number of nitrogens with zero attached hydrogens (tertiary/aromatic N) is 3. The number of aromatic nitrogens is 3. The Labute approximate surface area is 117 Å². The summed E-state index contributed by atoms with van der Waals surface area (Å²) in [5.41, 5.74) is 1.44. The number of fused-ring (bicyclic) bond motifs is 1. The SMILES string of the molecule is Cc1ccc(F)c(Oc2nc(Br)cn3ccnc23)c1. The first-order valence-electron chi connectivity index (χ1n) is 5.57. The Balaban J connectivity index is 2.10. The minimum atomic E-state index is -0.433. The molecule has 1 aromatic carbocycles. The Hall–Kier alpha value is -1.95. The molecule has 0 saturated carbocycles. The van der Waals surface area contributed by atoms with Crippen LogP contribution in [0.3, 0.4) is 0 Å². The summed E-state index contributed by atoms with van der Waals surface area (Å²) in [4.78, 5) is 8.32. The summed E-state index contributed by atoms with van der Waals surface area (Å²) >= 11 is 3.28. The number of halogens is 2. The summed E-state index contributed by atoms with van der Waals surface area (Å²) in [6.07, 6.45) is 5.14. The van der Waals surface area contributed by atoms with Crippen molar-refractivity contribution in [3.05, 3.63) is 52.8 Å². The van der Waals surface area contributed by atoms with E-state index in [1.807, 2.05) is 6.92 Å². The molecule has 19 heavy (non-hydrogen) atoms. The lowest BCUT2D eigenvalue weighted by Gasteiger charge is -2.08. The van der Waals surface area contributed by atoms with Crippen LogP contribution in [0.15, 0.2) is 41.4 Å². The molecule has 0 atom stereocenters. The molecule has 2 aromatic heterocycles. The van der Waals surface area contributed by atoms with E-state index in [1.54, 1.807) is 35.1 Å². The van der Waals surface area contributed by atoms with Gasteiger partial charge in [0.05, 0.1) is 0 Å². The van der Waals surface area contributed by atoms with Crippen molar-refractivity contribution in [2.45, 2.75) is 6.92 Å². The molecule has 3 aromatic rings. The van der Waals surface area contributed by atoms with Crippen LogP contribution in [0.5, 0.6) is 11.6 Å². The van der Waals surface area contributed by atoms with Gasteiger partial charge < -0.3 is 4.74 Å². The van der Waals surface area contributed by atoms with Crippen LogP contribution in [0.2, 0.25) is 0 Å². The molecular weight excluding hydrogens is 313 g/mol. The Morgan fingerprint density at radius 1 is 1.37 bits per heavy atom. The fourth-order valence-corrected chi connectivity index (χ4v) is 2.12. The standard InChI is InChI=1S/C13H9BrFN3O/c1-8-2-3-9(15)10(6-8)19-13-12-16-4-5-18(12)7-11(14)17-13/h2-7H,1H3. The summed E-state index contributed by atoms with van der Waals surface area (Å²) in [6, 6.07) is 4.67. The molecule has 0 radical (unpaired) electrons. The number of benzene rings is 1. The van der Waals surface area contributed by atoms with Gasteiger partial charge in [-0.05, 0) is 40.5 Å². The van der Waals surface area contributed by atoms with Crippen LogP contribution in [-0.2, 0) is 0 Å². The van der Waals surface area contributed by atoms with Crippen molar-refractivity contribution in [2.24, 2.45) is 0 Å². The van der Waals surface area contributed by atoms with Crippen LogP contribution in [0, 0.1) is 12.7 Å². The third kappa shape index (κ3) is 2.31. The van der Waals surface area contributed by atoms with Gasteiger partial charge in [0, 0.05) is 18.6 Å². The summed E-state index contributed by atoms with van der Waals surface area (Å²) in [7, 11) is 0. The average Bonchev–Trinajstić information content (AvgIpc) is 2.82. The molecule has 0 fully saturated rings. The van der Waals surface area contributed by atoms with Crippen molar-refractivity contribution < 1.29 is 9.13 Å². The molecule has 0 N–H and O–H groups in total. The maximum Gasteiger partial charge on any atom is 0.265 e. The molecule has 0 aliphatic heterocycles. The largest absolute Gasteiger partial charge is 0.433 e. The predicted molar refractivity (Wildman–Crippen MR) is 71.9 cm³/mol. The van der Waals surface area contributed by atoms with Crippen LogP contribution in [-0.4, -0.2) is 14.4 Å². The first-order valence-corrected chi connectivity index (χ1v) is 6.36. The molecule has 0 amide bonds. The Bertz CT molecular complexity index is 757. The zero-order chi connectivity index (χ0) is 13.4. The normalized spacial score (nSPS) is 10.9. The van der Waals surface area contributed by atoms with E-state index in [0.717, 1.165) is 5.56 Å². The molecule has 4 nitrogen and oxygen atoms in total. The van der Waals surface area contributed by atoms with E-state index in [4.69, 9.17) is 4.74 Å².